The lowest BCUT2D eigenvalue weighted by Crippen LogP contribution is -2.56. The van der Waals surface area contributed by atoms with Gasteiger partial charge in [-0.1, -0.05) is 25.1 Å². The number of benzene rings is 1. The zero-order chi connectivity index (χ0) is 17.8. The SMILES string of the molecule is CCN(CC(=O)O)C1CC(NC(=O)NCC2Cc3ccccc3O2)C1. The van der Waals surface area contributed by atoms with Gasteiger partial charge in [-0.2, -0.15) is 0 Å². The summed E-state index contributed by atoms with van der Waals surface area (Å²) >= 11 is 0. The van der Waals surface area contributed by atoms with Gasteiger partial charge in [-0.25, -0.2) is 4.79 Å². The van der Waals surface area contributed by atoms with Gasteiger partial charge in [0.1, 0.15) is 11.9 Å². The number of hydrogen-bond donors (Lipinski definition) is 3. The standard InChI is InChI=1S/C18H25N3O4/c1-2-21(11-17(22)23)14-8-13(9-14)20-18(24)19-10-15-7-12-5-3-4-6-16(12)25-15/h3-6,13-15H,2,7-11H2,1H3,(H,22,23)(H2,19,20,24). The number of carbonyl (C=O) groups excluding carboxylic acids is 1. The molecule has 2 aliphatic rings. The zero-order valence-corrected chi connectivity index (χ0v) is 14.4. The van der Waals surface area contributed by atoms with Crippen molar-refractivity contribution in [3.63, 3.8) is 0 Å². The van der Waals surface area contributed by atoms with Gasteiger partial charge in [0.25, 0.3) is 0 Å². The second kappa shape index (κ2) is 7.74. The number of urea groups is 1. The molecule has 25 heavy (non-hydrogen) atoms. The summed E-state index contributed by atoms with van der Waals surface area (Å²) in [7, 11) is 0. The molecule has 1 aliphatic heterocycles. The molecule has 0 aromatic heterocycles. The van der Waals surface area contributed by atoms with Crippen LogP contribution in [0.2, 0.25) is 0 Å². The highest BCUT2D eigenvalue weighted by Crippen LogP contribution is 2.28. The Morgan fingerprint density at radius 1 is 1.32 bits per heavy atom. The number of rotatable bonds is 7. The quantitative estimate of drug-likeness (QED) is 0.690. The minimum absolute atomic E-state index is 0.0246. The van der Waals surface area contributed by atoms with E-state index >= 15 is 0 Å². The number of fused-ring (bicyclic) bond motifs is 1. The molecule has 1 fully saturated rings. The van der Waals surface area contributed by atoms with Crippen LogP contribution in [0.1, 0.15) is 25.3 Å². The molecule has 1 atom stereocenters. The number of carboxylic acids is 1. The number of nitrogens with zero attached hydrogens (tertiary/aromatic N) is 1. The first kappa shape index (κ1) is 17.5. The van der Waals surface area contributed by atoms with Gasteiger partial charge < -0.3 is 20.5 Å². The second-order valence-corrected chi connectivity index (χ2v) is 6.69. The first-order chi connectivity index (χ1) is 12.0. The smallest absolute Gasteiger partial charge is 0.317 e. The van der Waals surface area contributed by atoms with Crippen molar-refractivity contribution in [2.45, 2.75) is 44.4 Å². The van der Waals surface area contributed by atoms with E-state index in [4.69, 9.17) is 9.84 Å². The van der Waals surface area contributed by atoms with Crippen LogP contribution in [0, 0.1) is 0 Å². The highest BCUT2D eigenvalue weighted by Gasteiger charge is 2.34. The predicted molar refractivity (Wildman–Crippen MR) is 92.8 cm³/mol. The number of para-hydroxylation sites is 1. The molecule has 1 unspecified atom stereocenters. The summed E-state index contributed by atoms with van der Waals surface area (Å²) in [6.07, 6.45) is 2.37. The minimum atomic E-state index is -0.812. The lowest BCUT2D eigenvalue weighted by Gasteiger charge is -2.42. The number of nitrogens with one attached hydrogen (secondary N) is 2. The van der Waals surface area contributed by atoms with E-state index in [9.17, 15) is 9.59 Å². The maximum Gasteiger partial charge on any atom is 0.317 e. The Balaban J connectivity index is 1.34. The van der Waals surface area contributed by atoms with E-state index in [1.54, 1.807) is 0 Å². The van der Waals surface area contributed by atoms with Crippen molar-refractivity contribution in [2.24, 2.45) is 0 Å². The Bertz CT molecular complexity index is 606. The van der Waals surface area contributed by atoms with Crippen LogP contribution in [0.4, 0.5) is 4.79 Å². The van der Waals surface area contributed by atoms with E-state index in [1.165, 1.54) is 5.56 Å². The van der Waals surface area contributed by atoms with Crippen LogP contribution in [0.3, 0.4) is 0 Å². The Kier molecular flexibility index (Phi) is 5.43. The Morgan fingerprint density at radius 2 is 2.08 bits per heavy atom. The molecule has 0 radical (unpaired) electrons. The molecule has 2 amide bonds. The minimum Gasteiger partial charge on any atom is -0.488 e. The molecule has 7 heteroatoms. The fourth-order valence-corrected chi connectivity index (χ4v) is 3.49. The van der Waals surface area contributed by atoms with Crippen molar-refractivity contribution in [2.75, 3.05) is 19.6 Å². The maximum atomic E-state index is 12.0. The number of ether oxygens (including phenoxy) is 1. The molecule has 3 N–H and O–H groups in total. The number of carboxylic acid groups (broad SMARTS) is 1. The molecule has 1 saturated carbocycles. The van der Waals surface area contributed by atoms with Crippen molar-refractivity contribution in [3.8, 4) is 5.75 Å². The molecule has 136 valence electrons. The third-order valence-corrected chi connectivity index (χ3v) is 4.91. The van der Waals surface area contributed by atoms with Crippen LogP contribution in [-0.4, -0.2) is 59.8 Å². The van der Waals surface area contributed by atoms with Crippen molar-refractivity contribution in [1.29, 1.82) is 0 Å². The number of amides is 2. The Labute approximate surface area is 147 Å². The fourth-order valence-electron chi connectivity index (χ4n) is 3.49. The number of aliphatic carboxylic acids is 1. The van der Waals surface area contributed by atoms with Crippen molar-refractivity contribution < 1.29 is 19.4 Å². The van der Waals surface area contributed by atoms with Crippen LogP contribution in [0.5, 0.6) is 5.75 Å². The van der Waals surface area contributed by atoms with E-state index in [2.05, 4.69) is 10.6 Å². The normalized spacial score (nSPS) is 24.2. The van der Waals surface area contributed by atoms with Crippen molar-refractivity contribution in [1.82, 2.24) is 15.5 Å². The van der Waals surface area contributed by atoms with Gasteiger partial charge in [0.2, 0.25) is 0 Å². The lowest BCUT2D eigenvalue weighted by atomic mass is 9.85. The average Bonchev–Trinajstić information content (AvgIpc) is 2.96. The first-order valence-electron chi connectivity index (χ1n) is 8.80. The summed E-state index contributed by atoms with van der Waals surface area (Å²) in [6.45, 7) is 3.18. The largest absolute Gasteiger partial charge is 0.488 e. The molecule has 1 aromatic carbocycles. The predicted octanol–water partition coefficient (Wildman–Crippen LogP) is 1.23. The third kappa shape index (κ3) is 4.42. The topological polar surface area (TPSA) is 90.9 Å². The summed E-state index contributed by atoms with van der Waals surface area (Å²) in [5.74, 6) is 0.0863. The highest BCUT2D eigenvalue weighted by molar-refractivity contribution is 5.74. The second-order valence-electron chi connectivity index (χ2n) is 6.69. The zero-order valence-electron chi connectivity index (χ0n) is 14.4. The number of hydrogen-bond acceptors (Lipinski definition) is 4. The summed E-state index contributed by atoms with van der Waals surface area (Å²) in [6, 6.07) is 8.07. The third-order valence-electron chi connectivity index (χ3n) is 4.91. The molecule has 1 aromatic rings. The summed E-state index contributed by atoms with van der Waals surface area (Å²) < 4.78 is 5.80. The number of carbonyl (C=O) groups is 2. The number of likely N-dealkylation sites (N-methyl/N-ethyl adjacent to an activating group) is 1. The van der Waals surface area contributed by atoms with E-state index in [-0.39, 0.29) is 30.8 Å². The summed E-state index contributed by atoms with van der Waals surface area (Å²) in [5.41, 5.74) is 1.18. The molecule has 7 nitrogen and oxygen atoms in total. The Hall–Kier alpha value is -2.28. The summed E-state index contributed by atoms with van der Waals surface area (Å²) in [5, 5.41) is 14.7. The van der Waals surface area contributed by atoms with Gasteiger partial charge in [0.15, 0.2) is 0 Å². The van der Waals surface area contributed by atoms with Crippen molar-refractivity contribution in [3.05, 3.63) is 29.8 Å². The molecular formula is C18H25N3O4. The van der Waals surface area contributed by atoms with Gasteiger partial charge in [0.05, 0.1) is 13.1 Å². The van der Waals surface area contributed by atoms with Gasteiger partial charge >= 0.3 is 12.0 Å². The molecule has 0 saturated heterocycles. The fraction of sp³-hybridized carbons (Fsp3) is 0.556. The van der Waals surface area contributed by atoms with E-state index < -0.39 is 5.97 Å². The van der Waals surface area contributed by atoms with Gasteiger partial charge in [-0.05, 0) is 31.0 Å². The first-order valence-corrected chi connectivity index (χ1v) is 8.80. The molecule has 1 aliphatic carbocycles. The monoisotopic (exact) mass is 347 g/mol. The van der Waals surface area contributed by atoms with Crippen LogP contribution >= 0.6 is 0 Å². The van der Waals surface area contributed by atoms with Crippen molar-refractivity contribution >= 4 is 12.0 Å². The average molecular weight is 347 g/mol. The molecule has 3 rings (SSSR count). The van der Waals surface area contributed by atoms with E-state index in [0.717, 1.165) is 25.0 Å². The molecular weight excluding hydrogens is 322 g/mol. The molecule has 0 spiro atoms. The van der Waals surface area contributed by atoms with Crippen LogP contribution in [-0.2, 0) is 11.2 Å². The molecule has 0 bridgehead atoms. The maximum absolute atomic E-state index is 12.0. The van der Waals surface area contributed by atoms with Gasteiger partial charge in [-0.3, -0.25) is 9.69 Å². The Morgan fingerprint density at radius 3 is 2.76 bits per heavy atom. The van der Waals surface area contributed by atoms with Crippen LogP contribution in [0.25, 0.3) is 0 Å². The van der Waals surface area contributed by atoms with E-state index in [0.29, 0.717) is 13.1 Å². The van der Waals surface area contributed by atoms with Crippen LogP contribution in [0.15, 0.2) is 24.3 Å². The summed E-state index contributed by atoms with van der Waals surface area (Å²) in [4.78, 5) is 24.8. The van der Waals surface area contributed by atoms with Gasteiger partial charge in [0, 0.05) is 18.5 Å². The lowest BCUT2D eigenvalue weighted by molar-refractivity contribution is -0.139. The van der Waals surface area contributed by atoms with E-state index in [1.807, 2.05) is 36.1 Å². The van der Waals surface area contributed by atoms with Gasteiger partial charge in [-0.15, -0.1) is 0 Å². The molecule has 1 heterocycles. The van der Waals surface area contributed by atoms with Crippen LogP contribution < -0.4 is 15.4 Å². The highest BCUT2D eigenvalue weighted by atomic mass is 16.5.